The Bertz CT molecular complexity index is 1330. The van der Waals surface area contributed by atoms with Crippen LogP contribution in [-0.4, -0.2) is 33.2 Å². The van der Waals surface area contributed by atoms with Crippen LogP contribution in [-0.2, 0) is 16.0 Å². The van der Waals surface area contributed by atoms with E-state index in [2.05, 4.69) is 15.4 Å². The number of halogens is 2. The molecule has 1 N–H and O–H groups in total. The van der Waals surface area contributed by atoms with Crippen molar-refractivity contribution >= 4 is 17.6 Å². The molecule has 4 aromatic rings. The first kappa shape index (κ1) is 22.8. The number of rotatable bonds is 8. The molecular weight excluding hydrogens is 446 g/mol. The fourth-order valence-corrected chi connectivity index (χ4v) is 3.22. The number of carbonyl (C=O) groups is 2. The molecule has 2 aromatic heterocycles. The molecule has 0 saturated carbocycles. The first-order chi connectivity index (χ1) is 16.4. The summed E-state index contributed by atoms with van der Waals surface area (Å²) in [6.45, 7) is 1.95. The van der Waals surface area contributed by atoms with Gasteiger partial charge in [-0.2, -0.15) is 5.10 Å². The first-order valence-electron chi connectivity index (χ1n) is 10.5. The van der Waals surface area contributed by atoms with E-state index in [0.717, 1.165) is 12.1 Å². The second-order valence-electron chi connectivity index (χ2n) is 7.17. The topological polar surface area (TPSA) is 99.2 Å². The number of anilines is 1. The van der Waals surface area contributed by atoms with Crippen LogP contribution in [0.2, 0.25) is 0 Å². The zero-order chi connectivity index (χ0) is 24.1. The van der Waals surface area contributed by atoms with Gasteiger partial charge in [-0.05, 0) is 37.3 Å². The second kappa shape index (κ2) is 10.1. The summed E-state index contributed by atoms with van der Waals surface area (Å²) < 4.78 is 39.0. The molecule has 0 spiro atoms. The summed E-state index contributed by atoms with van der Waals surface area (Å²) in [5.74, 6) is -1.90. The summed E-state index contributed by atoms with van der Waals surface area (Å²) in [5, 5.41) is 7.03. The monoisotopic (exact) mass is 466 g/mol. The highest BCUT2D eigenvalue weighted by atomic mass is 19.1. The molecule has 0 bridgehead atoms. The van der Waals surface area contributed by atoms with Crippen molar-refractivity contribution < 1.29 is 27.5 Å². The predicted octanol–water partition coefficient (Wildman–Crippen LogP) is 4.55. The molecule has 174 valence electrons. The van der Waals surface area contributed by atoms with E-state index in [9.17, 15) is 18.4 Å². The minimum absolute atomic E-state index is 0.0490. The standard InChI is InChI=1S/C24H20F2N4O4/c1-2-33-24(32)19-11-12-30(29-19)20-6-4-3-5-18(20)28-22(31)9-10-23-27-14-21(34-23)16-8-7-15(25)13-17(16)26/h3-8,11-14H,2,9-10H2,1H3,(H,28,31). The van der Waals surface area contributed by atoms with Crippen LogP contribution in [0, 0.1) is 11.6 Å². The number of aromatic nitrogens is 3. The number of benzene rings is 2. The van der Waals surface area contributed by atoms with Gasteiger partial charge < -0.3 is 14.5 Å². The molecule has 0 aliphatic heterocycles. The molecule has 0 atom stereocenters. The fraction of sp³-hybridized carbons (Fsp3) is 0.167. The maximum atomic E-state index is 13.9. The number of hydrogen-bond donors (Lipinski definition) is 1. The lowest BCUT2D eigenvalue weighted by Crippen LogP contribution is -2.14. The van der Waals surface area contributed by atoms with Crippen LogP contribution in [0.25, 0.3) is 17.0 Å². The average molecular weight is 466 g/mol. The van der Waals surface area contributed by atoms with E-state index in [4.69, 9.17) is 9.15 Å². The number of amides is 1. The predicted molar refractivity (Wildman–Crippen MR) is 118 cm³/mol. The molecule has 0 fully saturated rings. The van der Waals surface area contributed by atoms with Gasteiger partial charge in [0, 0.05) is 25.1 Å². The van der Waals surface area contributed by atoms with E-state index in [0.29, 0.717) is 11.4 Å². The minimum atomic E-state index is -0.762. The Balaban J connectivity index is 1.41. The molecule has 2 aromatic carbocycles. The van der Waals surface area contributed by atoms with Gasteiger partial charge in [-0.1, -0.05) is 12.1 Å². The first-order valence-corrected chi connectivity index (χ1v) is 10.5. The number of hydrogen-bond acceptors (Lipinski definition) is 6. The van der Waals surface area contributed by atoms with Crippen LogP contribution in [0.4, 0.5) is 14.5 Å². The van der Waals surface area contributed by atoms with Gasteiger partial charge in [-0.3, -0.25) is 4.79 Å². The summed E-state index contributed by atoms with van der Waals surface area (Å²) in [6.07, 6.45) is 3.15. The number of ether oxygens (including phenoxy) is 1. The maximum Gasteiger partial charge on any atom is 0.358 e. The Morgan fingerprint density at radius 2 is 1.97 bits per heavy atom. The number of aryl methyl sites for hydroxylation is 1. The summed E-state index contributed by atoms with van der Waals surface area (Å²) in [7, 11) is 0. The lowest BCUT2D eigenvalue weighted by Gasteiger charge is -2.10. The van der Waals surface area contributed by atoms with Gasteiger partial charge in [-0.25, -0.2) is 23.2 Å². The average Bonchev–Trinajstić information content (AvgIpc) is 3.48. The van der Waals surface area contributed by atoms with Gasteiger partial charge in [0.15, 0.2) is 17.3 Å². The summed E-state index contributed by atoms with van der Waals surface area (Å²) in [6, 6.07) is 11.7. The van der Waals surface area contributed by atoms with E-state index < -0.39 is 17.6 Å². The highest BCUT2D eigenvalue weighted by Crippen LogP contribution is 2.25. The number of oxazole rings is 1. The lowest BCUT2D eigenvalue weighted by atomic mass is 10.2. The Labute approximate surface area is 193 Å². The Morgan fingerprint density at radius 1 is 1.15 bits per heavy atom. The van der Waals surface area contributed by atoms with Crippen molar-refractivity contribution in [2.24, 2.45) is 0 Å². The molecule has 0 radical (unpaired) electrons. The van der Waals surface area contributed by atoms with Crippen LogP contribution in [0.5, 0.6) is 0 Å². The largest absolute Gasteiger partial charge is 0.461 e. The highest BCUT2D eigenvalue weighted by molar-refractivity contribution is 5.93. The molecule has 0 unspecified atom stereocenters. The molecule has 2 heterocycles. The SMILES string of the molecule is CCOC(=O)c1ccn(-c2ccccc2NC(=O)CCc2ncc(-c3ccc(F)cc3F)o2)n1. The zero-order valence-corrected chi connectivity index (χ0v) is 18.1. The van der Waals surface area contributed by atoms with E-state index in [1.165, 1.54) is 23.0 Å². The van der Waals surface area contributed by atoms with Crippen LogP contribution in [0.15, 0.2) is 65.3 Å². The molecule has 8 nitrogen and oxygen atoms in total. The van der Waals surface area contributed by atoms with E-state index >= 15 is 0 Å². The van der Waals surface area contributed by atoms with Gasteiger partial charge in [0.05, 0.1) is 29.7 Å². The van der Waals surface area contributed by atoms with Crippen LogP contribution in [0.3, 0.4) is 0 Å². The maximum absolute atomic E-state index is 13.9. The zero-order valence-electron chi connectivity index (χ0n) is 18.1. The molecule has 0 aliphatic rings. The smallest absolute Gasteiger partial charge is 0.358 e. The third-order valence-corrected chi connectivity index (χ3v) is 4.81. The number of esters is 1. The number of nitrogens with zero attached hydrogens (tertiary/aromatic N) is 3. The van der Waals surface area contributed by atoms with Crippen LogP contribution in [0.1, 0.15) is 29.7 Å². The molecular formula is C24H20F2N4O4. The van der Waals surface area contributed by atoms with Crippen molar-refractivity contribution in [1.82, 2.24) is 14.8 Å². The van der Waals surface area contributed by atoms with Crippen molar-refractivity contribution in [2.75, 3.05) is 11.9 Å². The molecule has 0 saturated heterocycles. The van der Waals surface area contributed by atoms with Crippen molar-refractivity contribution in [2.45, 2.75) is 19.8 Å². The molecule has 10 heteroatoms. The van der Waals surface area contributed by atoms with E-state index in [1.54, 1.807) is 37.4 Å². The summed E-state index contributed by atoms with van der Waals surface area (Å²) in [5.41, 5.74) is 1.30. The lowest BCUT2D eigenvalue weighted by molar-refractivity contribution is -0.116. The normalized spacial score (nSPS) is 10.8. The molecule has 1 amide bonds. The van der Waals surface area contributed by atoms with Gasteiger partial charge in [-0.15, -0.1) is 0 Å². The van der Waals surface area contributed by atoms with Gasteiger partial charge >= 0.3 is 5.97 Å². The highest BCUT2D eigenvalue weighted by Gasteiger charge is 2.15. The van der Waals surface area contributed by atoms with Crippen molar-refractivity contribution in [3.8, 4) is 17.0 Å². The van der Waals surface area contributed by atoms with E-state index in [1.807, 2.05) is 0 Å². The molecule has 34 heavy (non-hydrogen) atoms. The summed E-state index contributed by atoms with van der Waals surface area (Å²) in [4.78, 5) is 28.5. The molecule has 4 rings (SSSR count). The van der Waals surface area contributed by atoms with Gasteiger partial charge in [0.2, 0.25) is 5.91 Å². The number of carbonyl (C=O) groups excluding carboxylic acids is 2. The Kier molecular flexibility index (Phi) is 6.77. The number of para-hydroxylation sites is 2. The third-order valence-electron chi connectivity index (χ3n) is 4.81. The van der Waals surface area contributed by atoms with Crippen molar-refractivity contribution in [3.05, 3.63) is 84.1 Å². The van der Waals surface area contributed by atoms with Crippen LogP contribution >= 0.6 is 0 Å². The summed E-state index contributed by atoms with van der Waals surface area (Å²) >= 11 is 0. The number of nitrogens with one attached hydrogen (secondary N) is 1. The van der Waals surface area contributed by atoms with Crippen molar-refractivity contribution in [1.29, 1.82) is 0 Å². The van der Waals surface area contributed by atoms with Crippen LogP contribution < -0.4 is 5.32 Å². The van der Waals surface area contributed by atoms with E-state index in [-0.39, 0.29) is 48.3 Å². The second-order valence-corrected chi connectivity index (χ2v) is 7.17. The van der Waals surface area contributed by atoms with Gasteiger partial charge in [0.1, 0.15) is 11.6 Å². The fourth-order valence-electron chi connectivity index (χ4n) is 3.22. The third kappa shape index (κ3) is 5.17. The van der Waals surface area contributed by atoms with Crippen molar-refractivity contribution in [3.63, 3.8) is 0 Å². The Hall–Kier alpha value is -4.34. The molecule has 0 aliphatic carbocycles. The Morgan fingerprint density at radius 3 is 2.76 bits per heavy atom. The van der Waals surface area contributed by atoms with Gasteiger partial charge in [0.25, 0.3) is 0 Å². The quantitative estimate of drug-likeness (QED) is 0.383. The minimum Gasteiger partial charge on any atom is -0.461 e.